The van der Waals surface area contributed by atoms with Crippen LogP contribution in [0, 0.1) is 6.92 Å². The van der Waals surface area contributed by atoms with Crippen LogP contribution in [0.15, 0.2) is 30.3 Å². The Kier molecular flexibility index (Phi) is 6.37. The first-order chi connectivity index (χ1) is 14.5. The van der Waals surface area contributed by atoms with Crippen LogP contribution in [-0.2, 0) is 15.9 Å². The smallest absolute Gasteiger partial charge is 0.239 e. The molecule has 0 saturated carbocycles. The molecule has 6 atom stereocenters. The Labute approximate surface area is 174 Å². The summed E-state index contributed by atoms with van der Waals surface area (Å²) in [6.07, 6.45) is -5.36. The Morgan fingerprint density at radius 1 is 1.13 bits per heavy atom. The van der Waals surface area contributed by atoms with Gasteiger partial charge in [-0.3, -0.25) is 4.68 Å². The van der Waals surface area contributed by atoms with Gasteiger partial charge in [0.2, 0.25) is 12.2 Å². The van der Waals surface area contributed by atoms with Crippen molar-refractivity contribution in [1.29, 1.82) is 0 Å². The predicted octanol–water partition coefficient (Wildman–Crippen LogP) is -0.0776. The fourth-order valence-electron chi connectivity index (χ4n) is 3.97. The number of aliphatic hydroxyl groups is 4. The lowest BCUT2D eigenvalue weighted by Crippen LogP contribution is -2.60. The SMILES string of the molecule is Cc1c(Cc2ccccc2)c(O[C@@H]2O[C@H](CO)[C@@H](O)[C@H](O)[C@H]2O)nn1C1CCOC1. The quantitative estimate of drug-likeness (QED) is 0.511. The highest BCUT2D eigenvalue weighted by Crippen LogP contribution is 2.32. The molecule has 0 bridgehead atoms. The fourth-order valence-corrected chi connectivity index (χ4v) is 3.97. The number of aliphatic hydroxyl groups excluding tert-OH is 4. The van der Waals surface area contributed by atoms with Crippen LogP contribution in [-0.4, -0.2) is 80.7 Å². The molecule has 2 fully saturated rings. The summed E-state index contributed by atoms with van der Waals surface area (Å²) < 4.78 is 18.8. The molecular formula is C21H28N2O7. The Morgan fingerprint density at radius 2 is 1.90 bits per heavy atom. The van der Waals surface area contributed by atoms with E-state index in [9.17, 15) is 20.4 Å². The summed E-state index contributed by atoms with van der Waals surface area (Å²) in [6, 6.07) is 9.96. The minimum absolute atomic E-state index is 0.0895. The van der Waals surface area contributed by atoms with E-state index in [0.717, 1.165) is 23.2 Å². The summed E-state index contributed by atoms with van der Waals surface area (Å²) in [5.74, 6) is 0.285. The average Bonchev–Trinajstić information content (AvgIpc) is 3.39. The van der Waals surface area contributed by atoms with Crippen molar-refractivity contribution in [3.8, 4) is 5.88 Å². The Bertz CT molecular complexity index is 835. The summed E-state index contributed by atoms with van der Waals surface area (Å²) in [4.78, 5) is 0. The largest absolute Gasteiger partial charge is 0.443 e. The molecule has 2 aromatic rings. The lowest BCUT2D eigenvalue weighted by atomic mass is 9.99. The second kappa shape index (κ2) is 9.01. The molecule has 0 spiro atoms. The molecule has 0 aliphatic carbocycles. The third-order valence-electron chi connectivity index (χ3n) is 5.79. The first-order valence-electron chi connectivity index (χ1n) is 10.2. The molecule has 1 unspecified atom stereocenters. The third kappa shape index (κ3) is 4.09. The van der Waals surface area contributed by atoms with Crippen LogP contribution >= 0.6 is 0 Å². The Morgan fingerprint density at radius 3 is 2.57 bits per heavy atom. The van der Waals surface area contributed by atoms with Gasteiger partial charge in [0.15, 0.2) is 0 Å². The summed E-state index contributed by atoms with van der Waals surface area (Å²) in [7, 11) is 0. The highest BCUT2D eigenvalue weighted by molar-refractivity contribution is 5.36. The molecule has 30 heavy (non-hydrogen) atoms. The lowest BCUT2D eigenvalue weighted by Gasteiger charge is -2.39. The molecule has 1 aromatic heterocycles. The van der Waals surface area contributed by atoms with Crippen molar-refractivity contribution in [2.24, 2.45) is 0 Å². The molecule has 4 rings (SSSR count). The molecule has 2 saturated heterocycles. The van der Waals surface area contributed by atoms with Crippen LogP contribution in [0.25, 0.3) is 0 Å². The van der Waals surface area contributed by atoms with Crippen molar-refractivity contribution in [3.05, 3.63) is 47.2 Å². The van der Waals surface area contributed by atoms with Crippen molar-refractivity contribution >= 4 is 0 Å². The molecule has 164 valence electrons. The van der Waals surface area contributed by atoms with Gasteiger partial charge in [0.1, 0.15) is 24.4 Å². The lowest BCUT2D eigenvalue weighted by molar-refractivity contribution is -0.278. The number of aromatic nitrogens is 2. The van der Waals surface area contributed by atoms with Crippen LogP contribution in [0.3, 0.4) is 0 Å². The molecular weight excluding hydrogens is 392 g/mol. The van der Waals surface area contributed by atoms with Gasteiger partial charge in [0.25, 0.3) is 0 Å². The minimum Gasteiger partial charge on any atom is -0.443 e. The van der Waals surface area contributed by atoms with E-state index in [1.165, 1.54) is 0 Å². The second-order valence-electron chi connectivity index (χ2n) is 7.81. The Hall–Kier alpha value is -2.01. The van der Waals surface area contributed by atoms with Crippen LogP contribution in [0.5, 0.6) is 5.88 Å². The third-order valence-corrected chi connectivity index (χ3v) is 5.79. The van der Waals surface area contributed by atoms with Crippen molar-refractivity contribution < 1.29 is 34.6 Å². The topological polar surface area (TPSA) is 126 Å². The van der Waals surface area contributed by atoms with Gasteiger partial charge in [-0.2, -0.15) is 0 Å². The van der Waals surface area contributed by atoms with Gasteiger partial charge in [0, 0.05) is 24.3 Å². The zero-order valence-corrected chi connectivity index (χ0v) is 16.8. The van der Waals surface area contributed by atoms with Crippen LogP contribution in [0.4, 0.5) is 0 Å². The summed E-state index contributed by atoms with van der Waals surface area (Å²) in [5.41, 5.74) is 2.83. The molecule has 9 heteroatoms. The fraction of sp³-hybridized carbons (Fsp3) is 0.571. The molecule has 2 aliphatic heterocycles. The van der Waals surface area contributed by atoms with Crippen LogP contribution < -0.4 is 4.74 Å². The summed E-state index contributed by atoms with van der Waals surface area (Å²) >= 11 is 0. The van der Waals surface area contributed by atoms with E-state index in [4.69, 9.17) is 14.2 Å². The average molecular weight is 420 g/mol. The van der Waals surface area contributed by atoms with Crippen molar-refractivity contribution in [2.45, 2.75) is 56.5 Å². The monoisotopic (exact) mass is 420 g/mol. The van der Waals surface area contributed by atoms with Gasteiger partial charge >= 0.3 is 0 Å². The molecule has 3 heterocycles. The van der Waals surface area contributed by atoms with Gasteiger partial charge in [0.05, 0.1) is 19.3 Å². The highest BCUT2D eigenvalue weighted by atomic mass is 16.7. The first kappa shape index (κ1) is 21.2. The van der Waals surface area contributed by atoms with E-state index >= 15 is 0 Å². The number of nitrogens with zero attached hydrogens (tertiary/aromatic N) is 2. The maximum absolute atomic E-state index is 10.4. The standard InChI is InChI=1S/C21H28N2O7/c1-12-15(9-13-5-3-2-4-6-13)20(22-23(12)14-7-8-28-11-14)30-21-19(27)18(26)17(25)16(10-24)29-21/h2-6,14,16-19,21,24-27H,7-11H2,1H3/t14?,16-,17-,18+,19-,21+/m1/s1. The minimum atomic E-state index is -1.51. The maximum Gasteiger partial charge on any atom is 0.239 e. The number of hydrogen-bond acceptors (Lipinski definition) is 8. The molecule has 1 aromatic carbocycles. The van der Waals surface area contributed by atoms with Gasteiger partial charge in [-0.05, 0) is 18.9 Å². The number of hydrogen-bond donors (Lipinski definition) is 4. The van der Waals surface area contributed by atoms with Crippen molar-refractivity contribution in [2.75, 3.05) is 19.8 Å². The number of ether oxygens (including phenoxy) is 3. The van der Waals surface area contributed by atoms with E-state index in [1.54, 1.807) is 0 Å². The summed E-state index contributed by atoms with van der Waals surface area (Å²) in [6.45, 7) is 2.67. The van der Waals surface area contributed by atoms with Gasteiger partial charge in [-0.25, -0.2) is 0 Å². The molecule has 0 amide bonds. The van der Waals surface area contributed by atoms with E-state index in [0.29, 0.717) is 19.6 Å². The van der Waals surface area contributed by atoms with E-state index < -0.39 is 37.3 Å². The maximum atomic E-state index is 10.4. The molecule has 2 aliphatic rings. The molecule has 4 N–H and O–H groups in total. The van der Waals surface area contributed by atoms with Crippen LogP contribution in [0.1, 0.15) is 29.3 Å². The first-order valence-corrected chi connectivity index (χ1v) is 10.2. The van der Waals surface area contributed by atoms with E-state index in [1.807, 2.05) is 41.9 Å². The summed E-state index contributed by atoms with van der Waals surface area (Å²) in [5, 5.41) is 44.5. The molecule has 9 nitrogen and oxygen atoms in total. The zero-order valence-electron chi connectivity index (χ0n) is 16.8. The van der Waals surface area contributed by atoms with Gasteiger partial charge < -0.3 is 34.6 Å². The number of benzene rings is 1. The normalized spacial score (nSPS) is 31.8. The second-order valence-corrected chi connectivity index (χ2v) is 7.81. The van der Waals surface area contributed by atoms with Crippen molar-refractivity contribution in [3.63, 3.8) is 0 Å². The zero-order chi connectivity index (χ0) is 21.3. The van der Waals surface area contributed by atoms with Gasteiger partial charge in [-0.15, -0.1) is 5.10 Å². The van der Waals surface area contributed by atoms with Gasteiger partial charge in [-0.1, -0.05) is 30.3 Å². The van der Waals surface area contributed by atoms with E-state index in [-0.39, 0.29) is 11.9 Å². The van der Waals surface area contributed by atoms with E-state index in [2.05, 4.69) is 5.10 Å². The Balaban J connectivity index is 1.64. The molecule has 0 radical (unpaired) electrons. The number of rotatable bonds is 6. The highest BCUT2D eigenvalue weighted by Gasteiger charge is 2.45. The predicted molar refractivity (Wildman–Crippen MR) is 105 cm³/mol. The van der Waals surface area contributed by atoms with Crippen molar-refractivity contribution in [1.82, 2.24) is 9.78 Å². The van der Waals surface area contributed by atoms with Crippen LogP contribution in [0.2, 0.25) is 0 Å².